The lowest BCUT2D eigenvalue weighted by Gasteiger charge is -2.06. The van der Waals surface area contributed by atoms with Gasteiger partial charge < -0.3 is 4.74 Å². The van der Waals surface area contributed by atoms with E-state index in [0.29, 0.717) is 4.38 Å². The van der Waals surface area contributed by atoms with Crippen LogP contribution in [0.2, 0.25) is 0 Å². The van der Waals surface area contributed by atoms with Crippen molar-refractivity contribution in [1.29, 1.82) is 0 Å². The van der Waals surface area contributed by atoms with E-state index in [1.165, 1.54) is 22.9 Å². The van der Waals surface area contributed by atoms with Crippen molar-refractivity contribution in [2.45, 2.75) is 18.7 Å². The smallest absolute Gasteiger partial charge is 0.230 e. The third-order valence-electron chi connectivity index (χ3n) is 2.44. The molecule has 18 heavy (non-hydrogen) atoms. The third kappa shape index (κ3) is 3.86. The molecule has 2 aromatic rings. The summed E-state index contributed by atoms with van der Waals surface area (Å²) < 4.78 is 6.11. The Morgan fingerprint density at radius 2 is 1.39 bits per heavy atom. The van der Waals surface area contributed by atoms with Crippen LogP contribution in [0.25, 0.3) is 0 Å². The van der Waals surface area contributed by atoms with E-state index in [0.717, 1.165) is 10.6 Å². The maximum absolute atomic E-state index is 5.60. The van der Waals surface area contributed by atoms with Crippen LogP contribution in [0.3, 0.4) is 0 Å². The predicted octanol–water partition coefficient (Wildman–Crippen LogP) is 4.76. The largest absolute Gasteiger partial charge is 0.439 e. The van der Waals surface area contributed by atoms with Gasteiger partial charge in [0.15, 0.2) is 0 Å². The van der Waals surface area contributed by atoms with Crippen molar-refractivity contribution in [3.8, 4) is 5.75 Å². The number of ether oxygens (including phenoxy) is 1. The fraction of sp³-hybridized carbons (Fsp3) is 0.133. The second-order valence-corrected chi connectivity index (χ2v) is 5.76. The highest BCUT2D eigenvalue weighted by atomic mass is 32.2. The van der Waals surface area contributed by atoms with Gasteiger partial charge in [0.05, 0.1) is 0 Å². The lowest BCUT2D eigenvalue weighted by molar-refractivity contribution is 0.579. The Bertz CT molecular complexity index is 480. The number of hydrogen-bond donors (Lipinski definition) is 0. The van der Waals surface area contributed by atoms with Crippen LogP contribution in [-0.4, -0.2) is 4.38 Å². The first kappa shape index (κ1) is 13.1. The van der Waals surface area contributed by atoms with Gasteiger partial charge in [0.25, 0.3) is 0 Å². The Morgan fingerprint density at radius 1 is 0.889 bits per heavy atom. The molecule has 0 saturated carbocycles. The molecule has 0 fully saturated rings. The van der Waals surface area contributed by atoms with Gasteiger partial charge in [-0.15, -0.1) is 0 Å². The summed E-state index contributed by atoms with van der Waals surface area (Å²) in [6.45, 7) is 4.11. The molecule has 2 rings (SSSR count). The molecule has 3 heteroatoms. The molecule has 0 amide bonds. The van der Waals surface area contributed by atoms with Crippen molar-refractivity contribution >= 4 is 28.4 Å². The molecule has 0 aromatic heterocycles. The van der Waals surface area contributed by atoms with Gasteiger partial charge in [-0.3, -0.25) is 0 Å². The summed E-state index contributed by atoms with van der Waals surface area (Å²) in [4.78, 5) is 1.10. The summed E-state index contributed by atoms with van der Waals surface area (Å²) in [5.74, 6) is 0.783. The van der Waals surface area contributed by atoms with Gasteiger partial charge in [-0.2, -0.15) is 0 Å². The third-order valence-corrected chi connectivity index (χ3v) is 3.54. The first-order valence-corrected chi connectivity index (χ1v) is 6.89. The average Bonchev–Trinajstić information content (AvgIpc) is 2.35. The highest BCUT2D eigenvalue weighted by Gasteiger charge is 2.03. The molecule has 0 radical (unpaired) electrons. The number of rotatable bonds is 2. The predicted molar refractivity (Wildman–Crippen MR) is 81.4 cm³/mol. The van der Waals surface area contributed by atoms with Crippen molar-refractivity contribution in [3.05, 3.63) is 59.7 Å². The zero-order chi connectivity index (χ0) is 13.0. The summed E-state index contributed by atoms with van der Waals surface area (Å²) in [5, 5.41) is 0. The van der Waals surface area contributed by atoms with Gasteiger partial charge in [0.1, 0.15) is 5.75 Å². The SMILES string of the molecule is Cc1ccc(OC(=S)Sc2ccc(C)cc2)cc1. The zero-order valence-electron chi connectivity index (χ0n) is 10.3. The second kappa shape index (κ2) is 6.03. The van der Waals surface area contributed by atoms with Crippen LogP contribution in [-0.2, 0) is 0 Å². The summed E-state index contributed by atoms with van der Waals surface area (Å²) in [7, 11) is 0. The van der Waals surface area contributed by atoms with Crippen LogP contribution >= 0.6 is 24.0 Å². The molecular formula is C15H14OS2. The van der Waals surface area contributed by atoms with E-state index >= 15 is 0 Å². The molecule has 2 aromatic carbocycles. The van der Waals surface area contributed by atoms with Gasteiger partial charge in [0, 0.05) is 4.90 Å². The Hall–Kier alpha value is -1.32. The van der Waals surface area contributed by atoms with Crippen molar-refractivity contribution in [3.63, 3.8) is 0 Å². The zero-order valence-corrected chi connectivity index (χ0v) is 12.0. The maximum atomic E-state index is 5.60. The van der Waals surface area contributed by atoms with E-state index < -0.39 is 0 Å². The van der Waals surface area contributed by atoms with Crippen molar-refractivity contribution in [2.24, 2.45) is 0 Å². The van der Waals surface area contributed by atoms with Crippen LogP contribution < -0.4 is 4.74 Å². The Labute approximate surface area is 117 Å². The highest BCUT2D eigenvalue weighted by molar-refractivity contribution is 8.22. The molecule has 92 valence electrons. The number of thiocarbonyl (C=S) groups is 1. The van der Waals surface area contributed by atoms with Crippen LogP contribution in [0.4, 0.5) is 0 Å². The maximum Gasteiger partial charge on any atom is 0.230 e. The average molecular weight is 274 g/mol. The van der Waals surface area contributed by atoms with Crippen molar-refractivity contribution in [2.75, 3.05) is 0 Å². The van der Waals surface area contributed by atoms with E-state index in [-0.39, 0.29) is 0 Å². The number of hydrogen-bond acceptors (Lipinski definition) is 3. The number of benzene rings is 2. The van der Waals surface area contributed by atoms with Gasteiger partial charge in [-0.25, -0.2) is 0 Å². The number of thioether (sulfide) groups is 1. The first-order valence-electron chi connectivity index (χ1n) is 5.66. The summed E-state index contributed by atoms with van der Waals surface area (Å²) in [6, 6.07) is 16.1. The van der Waals surface area contributed by atoms with Gasteiger partial charge in [0.2, 0.25) is 4.38 Å². The van der Waals surface area contributed by atoms with Gasteiger partial charge in [-0.05, 0) is 62.1 Å². The van der Waals surface area contributed by atoms with E-state index in [1.54, 1.807) is 0 Å². The molecule has 0 atom stereocenters. The minimum atomic E-state index is 0.516. The second-order valence-electron chi connectivity index (χ2n) is 4.08. The highest BCUT2D eigenvalue weighted by Crippen LogP contribution is 2.23. The van der Waals surface area contributed by atoms with E-state index in [4.69, 9.17) is 17.0 Å². The molecule has 0 heterocycles. The Morgan fingerprint density at radius 3 is 1.94 bits per heavy atom. The van der Waals surface area contributed by atoms with Crippen LogP contribution in [0.1, 0.15) is 11.1 Å². The fourth-order valence-electron chi connectivity index (χ4n) is 1.43. The van der Waals surface area contributed by atoms with Gasteiger partial charge in [-0.1, -0.05) is 35.4 Å². The molecular weight excluding hydrogens is 260 g/mol. The van der Waals surface area contributed by atoms with E-state index in [1.807, 2.05) is 43.3 Å². The minimum absolute atomic E-state index is 0.516. The molecule has 0 bridgehead atoms. The topological polar surface area (TPSA) is 9.23 Å². The van der Waals surface area contributed by atoms with Crippen LogP contribution in [0, 0.1) is 13.8 Å². The molecule has 1 nitrogen and oxygen atoms in total. The lowest BCUT2D eigenvalue weighted by Crippen LogP contribution is -1.99. The van der Waals surface area contributed by atoms with Crippen molar-refractivity contribution < 1.29 is 4.74 Å². The quantitative estimate of drug-likeness (QED) is 0.577. The van der Waals surface area contributed by atoms with E-state index in [2.05, 4.69) is 19.1 Å². The molecule has 0 spiro atoms. The van der Waals surface area contributed by atoms with Crippen LogP contribution in [0.5, 0.6) is 5.75 Å². The molecule has 0 aliphatic carbocycles. The minimum Gasteiger partial charge on any atom is -0.439 e. The standard InChI is InChI=1S/C15H14OS2/c1-11-3-7-13(8-4-11)16-15(17)18-14-9-5-12(2)6-10-14/h3-10H,1-2H3. The lowest BCUT2D eigenvalue weighted by atomic mass is 10.2. The summed E-state index contributed by atoms with van der Waals surface area (Å²) in [5.41, 5.74) is 2.45. The monoisotopic (exact) mass is 274 g/mol. The fourth-order valence-corrected chi connectivity index (χ4v) is 2.41. The normalized spacial score (nSPS) is 10.1. The Balaban J connectivity index is 1.96. The number of aryl methyl sites for hydroxylation is 2. The van der Waals surface area contributed by atoms with Crippen molar-refractivity contribution in [1.82, 2.24) is 0 Å². The molecule has 0 aliphatic heterocycles. The van der Waals surface area contributed by atoms with Crippen LogP contribution in [0.15, 0.2) is 53.4 Å². The summed E-state index contributed by atoms with van der Waals surface area (Å²) in [6.07, 6.45) is 0. The molecule has 0 N–H and O–H groups in total. The van der Waals surface area contributed by atoms with E-state index in [9.17, 15) is 0 Å². The van der Waals surface area contributed by atoms with Gasteiger partial charge >= 0.3 is 0 Å². The molecule has 0 saturated heterocycles. The molecule has 0 unspecified atom stereocenters. The molecule has 0 aliphatic rings. The summed E-state index contributed by atoms with van der Waals surface area (Å²) >= 11 is 6.69. The first-order chi connectivity index (χ1) is 8.63. The Kier molecular flexibility index (Phi) is 4.39.